The first-order valence-electron chi connectivity index (χ1n) is 7.23. The number of nitrogens with zero attached hydrogens (tertiary/aromatic N) is 1. The summed E-state index contributed by atoms with van der Waals surface area (Å²) in [6, 6.07) is 2.89. The van der Waals surface area contributed by atoms with Gasteiger partial charge in [0.05, 0.1) is 23.0 Å². The average Bonchev–Trinajstić information content (AvgIpc) is 2.54. The van der Waals surface area contributed by atoms with Crippen molar-refractivity contribution in [2.45, 2.75) is 24.7 Å². The average molecular weight is 359 g/mol. The Morgan fingerprint density at radius 3 is 2.58 bits per heavy atom. The molecule has 1 N–H and O–H groups in total. The fourth-order valence-electron chi connectivity index (χ4n) is 2.65. The zero-order chi connectivity index (χ0) is 18.1. The Labute approximate surface area is 139 Å². The van der Waals surface area contributed by atoms with Gasteiger partial charge in [0.2, 0.25) is 10.0 Å². The monoisotopic (exact) mass is 359 g/mol. The molecule has 1 heterocycles. The first kappa shape index (κ1) is 18.3. The highest BCUT2D eigenvalue weighted by molar-refractivity contribution is 7.89. The normalized spacial score (nSPS) is 22.1. The minimum atomic E-state index is -4.06. The van der Waals surface area contributed by atoms with E-state index < -0.39 is 33.2 Å². The number of methoxy groups -OCH3 is 1. The number of esters is 1. The van der Waals surface area contributed by atoms with Crippen molar-refractivity contribution >= 4 is 22.0 Å². The second-order valence-corrected chi connectivity index (χ2v) is 7.88. The molecule has 0 aliphatic carbocycles. The molecule has 0 amide bonds. The van der Waals surface area contributed by atoms with Crippen molar-refractivity contribution < 1.29 is 32.2 Å². The zero-order valence-corrected chi connectivity index (χ0v) is 14.1. The second kappa shape index (κ2) is 6.48. The fraction of sp³-hybridized carbons (Fsp3) is 0.467. The van der Waals surface area contributed by atoms with E-state index in [1.54, 1.807) is 0 Å². The van der Waals surface area contributed by atoms with Crippen molar-refractivity contribution in [3.8, 4) is 0 Å². The number of carbonyl (C=O) groups is 2. The lowest BCUT2D eigenvalue weighted by atomic mass is 9.83. The quantitative estimate of drug-likeness (QED) is 0.818. The van der Waals surface area contributed by atoms with Gasteiger partial charge in [-0.2, -0.15) is 4.31 Å². The molecule has 1 saturated heterocycles. The molecule has 0 spiro atoms. The maximum Gasteiger partial charge on any atom is 0.340 e. The zero-order valence-electron chi connectivity index (χ0n) is 13.3. The predicted octanol–water partition coefficient (Wildman–Crippen LogP) is 1.49. The van der Waals surface area contributed by atoms with Crippen LogP contribution in [0.3, 0.4) is 0 Å². The van der Waals surface area contributed by atoms with E-state index in [0.717, 1.165) is 29.6 Å². The van der Waals surface area contributed by atoms with Crippen molar-refractivity contribution in [2.24, 2.45) is 5.41 Å². The molecule has 24 heavy (non-hydrogen) atoms. The van der Waals surface area contributed by atoms with Crippen LogP contribution in [0.2, 0.25) is 0 Å². The first-order chi connectivity index (χ1) is 11.1. The number of benzene rings is 1. The summed E-state index contributed by atoms with van der Waals surface area (Å²) in [5.41, 5.74) is -1.55. The van der Waals surface area contributed by atoms with Crippen LogP contribution >= 0.6 is 0 Å². The third kappa shape index (κ3) is 3.27. The van der Waals surface area contributed by atoms with Crippen LogP contribution in [0.1, 0.15) is 30.1 Å². The van der Waals surface area contributed by atoms with Crippen LogP contribution in [-0.2, 0) is 19.6 Å². The standard InChI is InChI=1S/C15H18FNO6S/c1-15(14(19)20)6-3-7-17(9-15)24(21,22)10-4-5-11(12(16)8-10)13(18)23-2/h4-5,8H,3,6-7,9H2,1-2H3,(H,19,20). The van der Waals surface area contributed by atoms with E-state index in [9.17, 15) is 27.5 Å². The van der Waals surface area contributed by atoms with Crippen LogP contribution in [0.4, 0.5) is 4.39 Å². The van der Waals surface area contributed by atoms with Gasteiger partial charge in [0.25, 0.3) is 0 Å². The van der Waals surface area contributed by atoms with Crippen LogP contribution in [0.5, 0.6) is 0 Å². The van der Waals surface area contributed by atoms with Crippen LogP contribution in [-0.4, -0.2) is 50.0 Å². The minimum absolute atomic E-state index is 0.158. The highest BCUT2D eigenvalue weighted by Crippen LogP contribution is 2.33. The number of hydrogen-bond donors (Lipinski definition) is 1. The Bertz CT molecular complexity index is 778. The summed E-state index contributed by atoms with van der Waals surface area (Å²) in [7, 11) is -2.97. The van der Waals surface area contributed by atoms with Crippen LogP contribution < -0.4 is 0 Å². The van der Waals surface area contributed by atoms with Crippen molar-refractivity contribution in [1.29, 1.82) is 0 Å². The Morgan fingerprint density at radius 1 is 1.38 bits per heavy atom. The molecule has 0 radical (unpaired) electrons. The first-order valence-corrected chi connectivity index (χ1v) is 8.67. The Morgan fingerprint density at radius 2 is 2.04 bits per heavy atom. The minimum Gasteiger partial charge on any atom is -0.481 e. The van der Waals surface area contributed by atoms with E-state index >= 15 is 0 Å². The number of sulfonamides is 1. The van der Waals surface area contributed by atoms with Crippen LogP contribution in [0.25, 0.3) is 0 Å². The summed E-state index contributed by atoms with van der Waals surface area (Å²) in [6.45, 7) is 1.45. The van der Waals surface area contributed by atoms with Gasteiger partial charge in [-0.1, -0.05) is 0 Å². The molecule has 1 atom stereocenters. The topological polar surface area (TPSA) is 101 Å². The van der Waals surface area contributed by atoms with Gasteiger partial charge in [0, 0.05) is 13.1 Å². The van der Waals surface area contributed by atoms with Gasteiger partial charge in [-0.15, -0.1) is 0 Å². The van der Waals surface area contributed by atoms with Gasteiger partial charge in [0.15, 0.2) is 0 Å². The van der Waals surface area contributed by atoms with Crippen molar-refractivity contribution in [1.82, 2.24) is 4.31 Å². The number of hydrogen-bond acceptors (Lipinski definition) is 5. The number of aliphatic carboxylic acids is 1. The van der Waals surface area contributed by atoms with Gasteiger partial charge in [-0.25, -0.2) is 17.6 Å². The lowest BCUT2D eigenvalue weighted by Gasteiger charge is -2.36. The van der Waals surface area contributed by atoms with Gasteiger partial charge in [0.1, 0.15) is 5.82 Å². The molecule has 1 aromatic rings. The summed E-state index contributed by atoms with van der Waals surface area (Å²) < 4.78 is 44.7. The molecule has 7 nitrogen and oxygen atoms in total. The Hall–Kier alpha value is -2.00. The SMILES string of the molecule is COC(=O)c1ccc(S(=O)(=O)N2CCCC(C)(C(=O)O)C2)cc1F. The van der Waals surface area contributed by atoms with Crippen molar-refractivity contribution in [2.75, 3.05) is 20.2 Å². The lowest BCUT2D eigenvalue weighted by molar-refractivity contribution is -0.150. The highest BCUT2D eigenvalue weighted by Gasteiger charge is 2.42. The van der Waals surface area contributed by atoms with Crippen LogP contribution in [0.15, 0.2) is 23.1 Å². The molecular formula is C15H18FNO6S. The summed E-state index contributed by atoms with van der Waals surface area (Å²) in [5, 5.41) is 9.29. The largest absolute Gasteiger partial charge is 0.481 e. The highest BCUT2D eigenvalue weighted by atomic mass is 32.2. The number of carboxylic acid groups (broad SMARTS) is 1. The van der Waals surface area contributed by atoms with Crippen molar-refractivity contribution in [3.05, 3.63) is 29.6 Å². The second-order valence-electron chi connectivity index (χ2n) is 5.94. The smallest absolute Gasteiger partial charge is 0.340 e. The number of rotatable bonds is 4. The molecule has 132 valence electrons. The van der Waals surface area contributed by atoms with Gasteiger partial charge >= 0.3 is 11.9 Å². The molecule has 9 heteroatoms. The van der Waals surface area contributed by atoms with Gasteiger partial charge < -0.3 is 9.84 Å². The molecule has 1 aliphatic heterocycles. The summed E-state index contributed by atoms with van der Waals surface area (Å²) in [5.74, 6) is -3.00. The number of carbonyl (C=O) groups excluding carboxylic acids is 1. The summed E-state index contributed by atoms with van der Waals surface area (Å²) >= 11 is 0. The van der Waals surface area contributed by atoms with Crippen LogP contribution in [0, 0.1) is 11.2 Å². The molecule has 0 saturated carbocycles. The van der Waals surface area contributed by atoms with Gasteiger partial charge in [-0.05, 0) is 38.0 Å². The molecule has 1 aliphatic rings. The van der Waals surface area contributed by atoms with E-state index in [2.05, 4.69) is 4.74 Å². The third-order valence-corrected chi connectivity index (χ3v) is 6.00. The maximum absolute atomic E-state index is 14.0. The molecule has 1 fully saturated rings. The molecule has 1 aromatic carbocycles. The Kier molecular flexibility index (Phi) is 4.95. The third-order valence-electron chi connectivity index (χ3n) is 4.16. The number of ether oxygens (including phenoxy) is 1. The number of halogens is 1. The van der Waals surface area contributed by atoms with Gasteiger partial charge in [-0.3, -0.25) is 4.79 Å². The predicted molar refractivity (Wildman–Crippen MR) is 81.5 cm³/mol. The van der Waals surface area contributed by atoms with E-state index in [-0.39, 0.29) is 23.5 Å². The van der Waals surface area contributed by atoms with E-state index in [1.807, 2.05) is 0 Å². The van der Waals surface area contributed by atoms with E-state index in [4.69, 9.17) is 0 Å². The lowest BCUT2D eigenvalue weighted by Crippen LogP contribution is -2.48. The molecule has 0 aromatic heterocycles. The Balaban J connectivity index is 2.35. The molecule has 0 bridgehead atoms. The summed E-state index contributed by atoms with van der Waals surface area (Å²) in [6.07, 6.45) is 0.759. The number of piperidine rings is 1. The number of carboxylic acids is 1. The molecule has 2 rings (SSSR count). The molecule has 1 unspecified atom stereocenters. The van der Waals surface area contributed by atoms with Crippen molar-refractivity contribution in [3.63, 3.8) is 0 Å². The summed E-state index contributed by atoms with van der Waals surface area (Å²) in [4.78, 5) is 22.4. The van der Waals surface area contributed by atoms with E-state index in [0.29, 0.717) is 12.8 Å². The van der Waals surface area contributed by atoms with E-state index in [1.165, 1.54) is 6.92 Å². The maximum atomic E-state index is 14.0. The fourth-order valence-corrected chi connectivity index (χ4v) is 4.27. The molecular weight excluding hydrogens is 341 g/mol.